The van der Waals surface area contributed by atoms with Gasteiger partial charge in [0.1, 0.15) is 6.10 Å². The fraction of sp³-hybridized carbons (Fsp3) is 0.857. The fourth-order valence-electron chi connectivity index (χ4n) is 1.15. The second kappa shape index (κ2) is 2.90. The summed E-state index contributed by atoms with van der Waals surface area (Å²) < 4.78 is 4.96. The molecular weight excluding hydrogens is 130 g/mol. The molecule has 0 bridgehead atoms. The predicted octanol–water partition coefficient (Wildman–Crippen LogP) is 1.28. The van der Waals surface area contributed by atoms with E-state index in [4.69, 9.17) is 4.74 Å². The highest BCUT2D eigenvalue weighted by Crippen LogP contribution is 2.12. The first-order valence-corrected chi connectivity index (χ1v) is 3.71. The van der Waals surface area contributed by atoms with Crippen molar-refractivity contribution in [3.05, 3.63) is 0 Å². The minimum absolute atomic E-state index is 0.0949. The Morgan fingerprint density at radius 3 is 2.80 bits per heavy atom. The molecule has 2 atom stereocenters. The normalized spacial score (nSPS) is 31.6. The monoisotopic (exact) mass is 143 g/mol. The zero-order valence-corrected chi connectivity index (χ0v) is 6.39. The molecule has 1 N–H and O–H groups in total. The smallest absolute Gasteiger partial charge is 0.407 e. The molecule has 1 fully saturated rings. The number of nitrogens with one attached hydrogen (secondary N) is 1. The van der Waals surface area contributed by atoms with E-state index in [2.05, 4.69) is 12.2 Å². The van der Waals surface area contributed by atoms with Crippen molar-refractivity contribution < 1.29 is 9.53 Å². The van der Waals surface area contributed by atoms with Crippen molar-refractivity contribution in [3.8, 4) is 0 Å². The van der Waals surface area contributed by atoms with Crippen LogP contribution in [0.5, 0.6) is 0 Å². The van der Waals surface area contributed by atoms with E-state index in [1.165, 1.54) is 0 Å². The molecule has 0 saturated carbocycles. The van der Waals surface area contributed by atoms with Crippen LogP contribution in [0.15, 0.2) is 0 Å². The van der Waals surface area contributed by atoms with Crippen molar-refractivity contribution in [2.45, 2.75) is 38.8 Å². The van der Waals surface area contributed by atoms with Crippen LogP contribution in [-0.4, -0.2) is 18.2 Å². The number of hydrogen-bond acceptors (Lipinski definition) is 2. The molecule has 1 rings (SSSR count). The highest BCUT2D eigenvalue weighted by Gasteiger charge is 2.28. The first-order valence-electron chi connectivity index (χ1n) is 3.71. The van der Waals surface area contributed by atoms with Gasteiger partial charge in [0.05, 0.1) is 6.04 Å². The molecule has 58 valence electrons. The Kier molecular flexibility index (Phi) is 2.14. The molecule has 1 aliphatic rings. The molecule has 1 heterocycles. The van der Waals surface area contributed by atoms with Crippen LogP contribution in [-0.2, 0) is 4.74 Å². The van der Waals surface area contributed by atoms with E-state index in [-0.39, 0.29) is 18.2 Å². The van der Waals surface area contributed by atoms with E-state index in [0.29, 0.717) is 0 Å². The Balaban J connectivity index is 2.38. The number of carbonyl (C=O) groups excluding carboxylic acids is 1. The number of cyclic esters (lactones) is 1. The maximum absolute atomic E-state index is 10.6. The molecule has 0 aliphatic carbocycles. The van der Waals surface area contributed by atoms with E-state index in [1.807, 2.05) is 6.92 Å². The van der Waals surface area contributed by atoms with Crippen LogP contribution in [0.1, 0.15) is 26.7 Å². The standard InChI is InChI=1S/C7H13NO2/c1-3-4-6-5(2)8-7(9)10-6/h5-6H,3-4H2,1-2H3,(H,8,9)/t5-,6+/m1/s1. The average molecular weight is 143 g/mol. The Labute approximate surface area is 60.7 Å². The van der Waals surface area contributed by atoms with Gasteiger partial charge in [-0.3, -0.25) is 0 Å². The second-order valence-corrected chi connectivity index (χ2v) is 2.67. The van der Waals surface area contributed by atoms with Gasteiger partial charge in [-0.2, -0.15) is 0 Å². The van der Waals surface area contributed by atoms with Crippen molar-refractivity contribution in [2.75, 3.05) is 0 Å². The first kappa shape index (κ1) is 7.38. The van der Waals surface area contributed by atoms with Crippen LogP contribution in [0.3, 0.4) is 0 Å². The summed E-state index contributed by atoms with van der Waals surface area (Å²) in [4.78, 5) is 10.6. The van der Waals surface area contributed by atoms with Gasteiger partial charge in [-0.15, -0.1) is 0 Å². The van der Waals surface area contributed by atoms with Crippen LogP contribution in [0, 0.1) is 0 Å². The van der Waals surface area contributed by atoms with Crippen LogP contribution in [0.4, 0.5) is 4.79 Å². The average Bonchev–Trinajstić information content (AvgIpc) is 2.13. The minimum atomic E-state index is -0.272. The molecule has 0 radical (unpaired) electrons. The lowest BCUT2D eigenvalue weighted by Gasteiger charge is -2.09. The molecule has 1 amide bonds. The third-order valence-corrected chi connectivity index (χ3v) is 1.73. The molecular formula is C7H13NO2. The lowest BCUT2D eigenvalue weighted by molar-refractivity contribution is 0.127. The van der Waals surface area contributed by atoms with Gasteiger partial charge in [0.2, 0.25) is 0 Å². The lowest BCUT2D eigenvalue weighted by atomic mass is 10.1. The first-order chi connectivity index (χ1) is 4.74. The third kappa shape index (κ3) is 1.40. The number of carbonyl (C=O) groups is 1. The van der Waals surface area contributed by atoms with Crippen molar-refractivity contribution >= 4 is 6.09 Å². The predicted molar refractivity (Wildman–Crippen MR) is 37.8 cm³/mol. The molecule has 0 spiro atoms. The second-order valence-electron chi connectivity index (χ2n) is 2.67. The number of ether oxygens (including phenoxy) is 1. The highest BCUT2D eigenvalue weighted by atomic mass is 16.6. The third-order valence-electron chi connectivity index (χ3n) is 1.73. The quantitative estimate of drug-likeness (QED) is 0.632. The van der Waals surface area contributed by atoms with Crippen LogP contribution < -0.4 is 5.32 Å². The molecule has 0 aromatic carbocycles. The van der Waals surface area contributed by atoms with Gasteiger partial charge in [-0.1, -0.05) is 13.3 Å². The Hall–Kier alpha value is -0.730. The zero-order chi connectivity index (χ0) is 7.56. The van der Waals surface area contributed by atoms with Crippen LogP contribution in [0.25, 0.3) is 0 Å². The SMILES string of the molecule is CCC[C@@H]1OC(=O)N[C@@H]1C. The zero-order valence-electron chi connectivity index (χ0n) is 6.39. The van der Waals surface area contributed by atoms with Gasteiger partial charge in [0, 0.05) is 0 Å². The van der Waals surface area contributed by atoms with E-state index < -0.39 is 0 Å². The highest BCUT2D eigenvalue weighted by molar-refractivity contribution is 5.70. The number of alkyl carbamates (subject to hydrolysis) is 1. The minimum Gasteiger partial charge on any atom is -0.444 e. The molecule has 0 aromatic rings. The van der Waals surface area contributed by atoms with Crippen LogP contribution in [0.2, 0.25) is 0 Å². The van der Waals surface area contributed by atoms with Gasteiger partial charge < -0.3 is 10.1 Å². The summed E-state index contributed by atoms with van der Waals surface area (Å²) in [6, 6.07) is 0.187. The summed E-state index contributed by atoms with van der Waals surface area (Å²) in [6.07, 6.45) is 1.84. The number of rotatable bonds is 2. The fourth-order valence-corrected chi connectivity index (χ4v) is 1.15. The molecule has 0 aromatic heterocycles. The van der Waals surface area contributed by atoms with E-state index in [9.17, 15) is 4.79 Å². The molecule has 10 heavy (non-hydrogen) atoms. The van der Waals surface area contributed by atoms with E-state index in [1.54, 1.807) is 0 Å². The van der Waals surface area contributed by atoms with E-state index >= 15 is 0 Å². The van der Waals surface area contributed by atoms with Crippen LogP contribution >= 0.6 is 0 Å². The summed E-state index contributed by atoms with van der Waals surface area (Å²) in [6.45, 7) is 4.05. The van der Waals surface area contributed by atoms with Crippen molar-refractivity contribution in [3.63, 3.8) is 0 Å². The summed E-state index contributed by atoms with van der Waals surface area (Å²) in [5.74, 6) is 0. The van der Waals surface area contributed by atoms with Gasteiger partial charge in [0.25, 0.3) is 0 Å². The van der Waals surface area contributed by atoms with Gasteiger partial charge in [-0.05, 0) is 13.3 Å². The lowest BCUT2D eigenvalue weighted by Crippen LogP contribution is -2.27. The number of amides is 1. The number of hydrogen-bond donors (Lipinski definition) is 1. The Morgan fingerprint density at radius 1 is 1.70 bits per heavy atom. The molecule has 0 unspecified atom stereocenters. The van der Waals surface area contributed by atoms with Gasteiger partial charge >= 0.3 is 6.09 Å². The topological polar surface area (TPSA) is 38.3 Å². The van der Waals surface area contributed by atoms with Crippen molar-refractivity contribution in [1.29, 1.82) is 0 Å². The summed E-state index contributed by atoms with van der Waals surface area (Å²) in [7, 11) is 0. The Bertz CT molecular complexity index is 136. The van der Waals surface area contributed by atoms with Gasteiger partial charge in [0.15, 0.2) is 0 Å². The Morgan fingerprint density at radius 2 is 2.40 bits per heavy atom. The van der Waals surface area contributed by atoms with Gasteiger partial charge in [-0.25, -0.2) is 4.79 Å². The maximum Gasteiger partial charge on any atom is 0.407 e. The maximum atomic E-state index is 10.6. The largest absolute Gasteiger partial charge is 0.444 e. The van der Waals surface area contributed by atoms with E-state index in [0.717, 1.165) is 12.8 Å². The molecule has 1 aliphatic heterocycles. The summed E-state index contributed by atoms with van der Waals surface area (Å²) >= 11 is 0. The molecule has 3 nitrogen and oxygen atoms in total. The molecule has 3 heteroatoms. The summed E-state index contributed by atoms with van der Waals surface area (Å²) in [5.41, 5.74) is 0. The molecule has 1 saturated heterocycles. The van der Waals surface area contributed by atoms with Crippen molar-refractivity contribution in [1.82, 2.24) is 5.32 Å². The summed E-state index contributed by atoms with van der Waals surface area (Å²) in [5, 5.41) is 2.69. The van der Waals surface area contributed by atoms with Crippen molar-refractivity contribution in [2.24, 2.45) is 0 Å².